The van der Waals surface area contributed by atoms with Gasteiger partial charge in [0.1, 0.15) is 0 Å². The Kier molecular flexibility index (Phi) is 4.46. The van der Waals surface area contributed by atoms with Crippen molar-refractivity contribution < 1.29 is 0 Å². The standard InChI is InChI=1S/C18H30N8/c1-5-18(2,3)25-10-8-24(9-11-25)17-19-21-22-26(17)13-15-12-16(14-6-7-14)23(4)20-15/h12,14H,5-11,13H2,1-4H3. The number of tetrazole rings is 1. The van der Waals surface area contributed by atoms with Gasteiger partial charge in [-0.3, -0.25) is 9.58 Å². The van der Waals surface area contributed by atoms with Gasteiger partial charge in [-0.05, 0) is 49.6 Å². The zero-order valence-electron chi connectivity index (χ0n) is 16.4. The maximum Gasteiger partial charge on any atom is 0.246 e. The predicted molar refractivity (Wildman–Crippen MR) is 100 cm³/mol. The fourth-order valence-corrected chi connectivity index (χ4v) is 3.80. The normalized spacial score (nSPS) is 19.3. The molecular formula is C18H30N8. The lowest BCUT2D eigenvalue weighted by atomic mass is 9.98. The average molecular weight is 358 g/mol. The maximum atomic E-state index is 4.66. The molecule has 0 atom stereocenters. The molecule has 3 heterocycles. The lowest BCUT2D eigenvalue weighted by Gasteiger charge is -2.43. The van der Waals surface area contributed by atoms with Crippen molar-refractivity contribution in [1.29, 1.82) is 0 Å². The molecule has 1 saturated carbocycles. The highest BCUT2D eigenvalue weighted by Gasteiger charge is 2.30. The van der Waals surface area contributed by atoms with Crippen LogP contribution in [0.2, 0.25) is 0 Å². The van der Waals surface area contributed by atoms with Gasteiger partial charge in [0, 0.05) is 50.4 Å². The number of hydrogen-bond acceptors (Lipinski definition) is 6. The minimum absolute atomic E-state index is 0.255. The van der Waals surface area contributed by atoms with Crippen LogP contribution in [0.5, 0.6) is 0 Å². The van der Waals surface area contributed by atoms with Crippen LogP contribution in [0.3, 0.4) is 0 Å². The largest absolute Gasteiger partial charge is 0.337 e. The number of aryl methyl sites for hydroxylation is 1. The fraction of sp³-hybridized carbons (Fsp3) is 0.778. The molecule has 0 N–H and O–H groups in total. The van der Waals surface area contributed by atoms with Gasteiger partial charge in [-0.1, -0.05) is 12.0 Å². The fourth-order valence-electron chi connectivity index (χ4n) is 3.80. The Bertz CT molecular complexity index is 749. The first-order valence-corrected chi connectivity index (χ1v) is 9.77. The molecule has 142 valence electrons. The van der Waals surface area contributed by atoms with Crippen molar-refractivity contribution in [2.75, 3.05) is 31.1 Å². The number of aromatic nitrogens is 6. The van der Waals surface area contributed by atoms with E-state index in [9.17, 15) is 0 Å². The molecule has 0 bridgehead atoms. The first-order chi connectivity index (χ1) is 12.5. The van der Waals surface area contributed by atoms with Gasteiger partial charge in [-0.25, -0.2) is 4.68 Å². The molecule has 8 nitrogen and oxygen atoms in total. The molecule has 2 aliphatic rings. The molecule has 0 spiro atoms. The minimum Gasteiger partial charge on any atom is -0.337 e. The van der Waals surface area contributed by atoms with Crippen LogP contribution in [0.4, 0.5) is 5.95 Å². The van der Waals surface area contributed by atoms with Crippen LogP contribution in [-0.2, 0) is 13.6 Å². The Morgan fingerprint density at radius 2 is 1.88 bits per heavy atom. The molecule has 0 aromatic carbocycles. The van der Waals surface area contributed by atoms with Crippen LogP contribution in [0.15, 0.2) is 6.07 Å². The Hall–Kier alpha value is -1.96. The lowest BCUT2D eigenvalue weighted by Crippen LogP contribution is -2.54. The van der Waals surface area contributed by atoms with Crippen LogP contribution in [0.25, 0.3) is 0 Å². The van der Waals surface area contributed by atoms with Crippen molar-refractivity contribution in [3.05, 3.63) is 17.5 Å². The van der Waals surface area contributed by atoms with E-state index < -0.39 is 0 Å². The third kappa shape index (κ3) is 3.34. The number of hydrogen-bond donors (Lipinski definition) is 0. The highest BCUT2D eigenvalue weighted by atomic mass is 15.6. The maximum absolute atomic E-state index is 4.66. The number of nitrogens with zero attached hydrogens (tertiary/aromatic N) is 8. The molecule has 2 aromatic heterocycles. The van der Waals surface area contributed by atoms with Crippen molar-refractivity contribution in [3.8, 4) is 0 Å². The van der Waals surface area contributed by atoms with Crippen molar-refractivity contribution in [2.24, 2.45) is 7.05 Å². The molecule has 0 radical (unpaired) electrons. The number of rotatable bonds is 6. The first kappa shape index (κ1) is 17.5. The Morgan fingerprint density at radius 3 is 2.54 bits per heavy atom. The second kappa shape index (κ2) is 6.64. The SMILES string of the molecule is CCC(C)(C)N1CCN(c2nnnn2Cc2cc(C3CC3)n(C)n2)CC1. The molecule has 4 rings (SSSR count). The van der Waals surface area contributed by atoms with E-state index in [1.165, 1.54) is 18.5 Å². The summed E-state index contributed by atoms with van der Waals surface area (Å²) < 4.78 is 3.91. The summed E-state index contributed by atoms with van der Waals surface area (Å²) in [5.41, 5.74) is 2.63. The first-order valence-electron chi connectivity index (χ1n) is 9.77. The van der Waals surface area contributed by atoms with Crippen molar-refractivity contribution >= 4 is 5.95 Å². The second-order valence-corrected chi connectivity index (χ2v) is 8.24. The van der Waals surface area contributed by atoms with E-state index in [1.54, 1.807) is 0 Å². The molecule has 2 fully saturated rings. The smallest absolute Gasteiger partial charge is 0.246 e. The third-order valence-corrected chi connectivity index (χ3v) is 6.07. The summed E-state index contributed by atoms with van der Waals surface area (Å²) >= 11 is 0. The van der Waals surface area contributed by atoms with E-state index in [0.717, 1.165) is 44.2 Å². The average Bonchev–Trinajstić information content (AvgIpc) is 3.27. The van der Waals surface area contributed by atoms with Gasteiger partial charge in [-0.2, -0.15) is 5.10 Å². The van der Waals surface area contributed by atoms with Crippen LogP contribution in [0, 0.1) is 0 Å². The highest BCUT2D eigenvalue weighted by molar-refractivity contribution is 5.30. The molecule has 8 heteroatoms. The van der Waals surface area contributed by atoms with Crippen LogP contribution in [-0.4, -0.2) is 66.6 Å². The summed E-state index contributed by atoms with van der Waals surface area (Å²) in [5.74, 6) is 1.56. The van der Waals surface area contributed by atoms with Gasteiger partial charge in [0.2, 0.25) is 5.95 Å². The van der Waals surface area contributed by atoms with Gasteiger partial charge in [0.15, 0.2) is 0 Å². The van der Waals surface area contributed by atoms with E-state index >= 15 is 0 Å². The van der Waals surface area contributed by atoms with Crippen LogP contribution < -0.4 is 4.90 Å². The Morgan fingerprint density at radius 1 is 1.15 bits per heavy atom. The third-order valence-electron chi connectivity index (χ3n) is 6.07. The predicted octanol–water partition coefficient (Wildman–Crippen LogP) is 1.64. The van der Waals surface area contributed by atoms with E-state index in [-0.39, 0.29) is 5.54 Å². The Balaban J connectivity index is 1.44. The summed E-state index contributed by atoms with van der Waals surface area (Å²) in [6.07, 6.45) is 3.73. The topological polar surface area (TPSA) is 67.9 Å². The van der Waals surface area contributed by atoms with Gasteiger partial charge < -0.3 is 4.90 Å². The summed E-state index contributed by atoms with van der Waals surface area (Å²) in [5, 5.41) is 17.1. The zero-order chi connectivity index (χ0) is 18.3. The van der Waals surface area contributed by atoms with Crippen molar-refractivity contribution in [2.45, 2.75) is 58.0 Å². The van der Waals surface area contributed by atoms with E-state index in [0.29, 0.717) is 12.5 Å². The lowest BCUT2D eigenvalue weighted by molar-refractivity contribution is 0.107. The van der Waals surface area contributed by atoms with Gasteiger partial charge in [-0.15, -0.1) is 0 Å². The zero-order valence-corrected chi connectivity index (χ0v) is 16.4. The quantitative estimate of drug-likeness (QED) is 0.782. The molecule has 0 amide bonds. The number of anilines is 1. The molecule has 1 aliphatic carbocycles. The minimum atomic E-state index is 0.255. The number of piperazine rings is 1. The summed E-state index contributed by atoms with van der Waals surface area (Å²) in [6.45, 7) is 11.5. The van der Waals surface area contributed by atoms with Gasteiger partial charge in [0.05, 0.1) is 12.2 Å². The molecule has 2 aromatic rings. The van der Waals surface area contributed by atoms with E-state index in [2.05, 4.69) is 57.3 Å². The summed E-state index contributed by atoms with van der Waals surface area (Å²) in [4.78, 5) is 4.87. The van der Waals surface area contributed by atoms with E-state index in [4.69, 9.17) is 0 Å². The van der Waals surface area contributed by atoms with Gasteiger partial charge in [0.25, 0.3) is 0 Å². The molecule has 0 unspecified atom stereocenters. The molecular weight excluding hydrogens is 328 g/mol. The van der Waals surface area contributed by atoms with Crippen LogP contribution >= 0.6 is 0 Å². The summed E-state index contributed by atoms with van der Waals surface area (Å²) in [6, 6.07) is 2.21. The van der Waals surface area contributed by atoms with Gasteiger partial charge >= 0.3 is 0 Å². The Labute approximate surface area is 155 Å². The molecule has 26 heavy (non-hydrogen) atoms. The molecule has 1 aliphatic heterocycles. The van der Waals surface area contributed by atoms with Crippen molar-refractivity contribution in [1.82, 2.24) is 34.9 Å². The van der Waals surface area contributed by atoms with E-state index in [1.807, 2.05) is 16.4 Å². The monoisotopic (exact) mass is 358 g/mol. The highest BCUT2D eigenvalue weighted by Crippen LogP contribution is 2.40. The van der Waals surface area contributed by atoms with Crippen molar-refractivity contribution in [3.63, 3.8) is 0 Å². The molecule has 1 saturated heterocycles. The second-order valence-electron chi connectivity index (χ2n) is 8.24. The summed E-state index contributed by atoms with van der Waals surface area (Å²) in [7, 11) is 2.03. The van der Waals surface area contributed by atoms with Crippen LogP contribution in [0.1, 0.15) is 57.3 Å².